The highest BCUT2D eigenvalue weighted by Crippen LogP contribution is 2.23. The van der Waals surface area contributed by atoms with Crippen molar-refractivity contribution in [1.82, 2.24) is 5.32 Å². The van der Waals surface area contributed by atoms with Gasteiger partial charge in [0.1, 0.15) is 5.25 Å². The van der Waals surface area contributed by atoms with Gasteiger partial charge in [-0.2, -0.15) is 5.10 Å². The van der Waals surface area contributed by atoms with E-state index in [1.165, 1.54) is 0 Å². The molecule has 1 atom stereocenters. The predicted octanol–water partition coefficient (Wildman–Crippen LogP) is 4.33. The van der Waals surface area contributed by atoms with Crippen LogP contribution in [-0.2, 0) is 9.59 Å². The normalized spacial score (nSPS) is 18.7. The van der Waals surface area contributed by atoms with Gasteiger partial charge in [-0.3, -0.25) is 9.59 Å². The Morgan fingerprint density at radius 2 is 1.93 bits per heavy atom. The Balaban J connectivity index is 1.70. The summed E-state index contributed by atoms with van der Waals surface area (Å²) in [6, 6.07) is 14.0. The van der Waals surface area contributed by atoms with Crippen molar-refractivity contribution in [3.8, 4) is 0 Å². The largest absolute Gasteiger partial charge is 0.325 e. The highest BCUT2D eigenvalue weighted by atomic mass is 35.5. The monoisotopic (exact) mass is 434 g/mol. The fourth-order valence-corrected chi connectivity index (χ4v) is 3.64. The lowest BCUT2D eigenvalue weighted by Crippen LogP contribution is -2.41. The zero-order valence-corrected chi connectivity index (χ0v) is 17.1. The molecule has 9 heteroatoms. The van der Waals surface area contributed by atoms with E-state index < -0.39 is 5.25 Å². The van der Waals surface area contributed by atoms with Crippen LogP contribution in [0.3, 0.4) is 0 Å². The minimum Gasteiger partial charge on any atom is -0.325 e. The number of rotatable bonds is 4. The average molecular weight is 435 g/mol. The van der Waals surface area contributed by atoms with Crippen LogP contribution in [0, 0.1) is 0 Å². The second-order valence-electron chi connectivity index (χ2n) is 5.96. The molecule has 3 rings (SSSR count). The first kappa shape index (κ1) is 20.4. The summed E-state index contributed by atoms with van der Waals surface area (Å²) in [5, 5.41) is 14.4. The molecule has 1 fully saturated rings. The third kappa shape index (κ3) is 5.58. The first-order valence-electron chi connectivity index (χ1n) is 8.32. The molecule has 144 valence electrons. The van der Waals surface area contributed by atoms with Gasteiger partial charge in [0, 0.05) is 22.2 Å². The predicted molar refractivity (Wildman–Crippen MR) is 115 cm³/mol. The van der Waals surface area contributed by atoms with Crippen molar-refractivity contribution in [2.45, 2.75) is 18.6 Å². The molecule has 1 saturated heterocycles. The zero-order chi connectivity index (χ0) is 20.1. The van der Waals surface area contributed by atoms with E-state index in [0.29, 0.717) is 21.4 Å². The van der Waals surface area contributed by atoms with Crippen LogP contribution in [0.15, 0.2) is 58.7 Å². The molecule has 28 heavy (non-hydrogen) atoms. The number of benzene rings is 2. The fraction of sp³-hybridized carbons (Fsp3) is 0.158. The summed E-state index contributed by atoms with van der Waals surface area (Å²) in [7, 11) is 0. The lowest BCUT2D eigenvalue weighted by Gasteiger charge is -2.21. The molecule has 6 nitrogen and oxygen atoms in total. The first-order valence-corrected chi connectivity index (χ1v) is 9.95. The van der Waals surface area contributed by atoms with Gasteiger partial charge in [-0.25, -0.2) is 0 Å². The van der Waals surface area contributed by atoms with E-state index in [-0.39, 0.29) is 23.4 Å². The fourth-order valence-electron chi connectivity index (χ4n) is 2.40. The Hall–Kier alpha value is -2.35. The van der Waals surface area contributed by atoms with Crippen molar-refractivity contribution in [2.75, 3.05) is 5.32 Å². The molecule has 0 unspecified atom stereocenters. The number of amides is 2. The van der Waals surface area contributed by atoms with E-state index in [4.69, 9.17) is 23.2 Å². The van der Waals surface area contributed by atoms with Crippen molar-refractivity contribution < 1.29 is 9.59 Å². The van der Waals surface area contributed by atoms with Gasteiger partial charge in [-0.15, -0.1) is 5.10 Å². The Kier molecular flexibility index (Phi) is 6.72. The SMILES string of the molecule is C/C(=N/N=C1/NC(=O)C[C@@H](C(=O)Nc2cccc(Cl)c2)S1)c1ccc(Cl)cc1. The van der Waals surface area contributed by atoms with E-state index in [9.17, 15) is 9.59 Å². The van der Waals surface area contributed by atoms with E-state index in [0.717, 1.165) is 17.3 Å². The van der Waals surface area contributed by atoms with Crippen molar-refractivity contribution >= 4 is 63.3 Å². The molecule has 1 aliphatic heterocycles. The Morgan fingerprint density at radius 3 is 2.64 bits per heavy atom. The zero-order valence-electron chi connectivity index (χ0n) is 14.8. The second-order valence-corrected chi connectivity index (χ2v) is 8.02. The number of amidine groups is 1. The molecule has 0 spiro atoms. The number of anilines is 1. The van der Waals surface area contributed by atoms with Crippen molar-refractivity contribution in [1.29, 1.82) is 0 Å². The van der Waals surface area contributed by atoms with Crippen molar-refractivity contribution in [3.05, 3.63) is 64.1 Å². The molecule has 1 heterocycles. The van der Waals surface area contributed by atoms with Gasteiger partial charge in [0.25, 0.3) is 0 Å². The van der Waals surface area contributed by atoms with Crippen LogP contribution in [0.2, 0.25) is 10.0 Å². The maximum absolute atomic E-state index is 12.5. The van der Waals surface area contributed by atoms with E-state index in [1.54, 1.807) is 43.3 Å². The van der Waals surface area contributed by atoms with E-state index in [1.807, 2.05) is 12.1 Å². The summed E-state index contributed by atoms with van der Waals surface area (Å²) in [4.78, 5) is 24.5. The number of hydrogen-bond donors (Lipinski definition) is 2. The molecule has 2 aromatic carbocycles. The van der Waals surface area contributed by atoms with Gasteiger partial charge in [-0.05, 0) is 42.8 Å². The number of halogens is 2. The molecule has 2 aromatic rings. The van der Waals surface area contributed by atoms with Gasteiger partial charge < -0.3 is 10.6 Å². The van der Waals surface area contributed by atoms with Crippen LogP contribution in [-0.4, -0.2) is 27.9 Å². The average Bonchev–Trinajstić information content (AvgIpc) is 2.66. The molecule has 0 aromatic heterocycles. The summed E-state index contributed by atoms with van der Waals surface area (Å²) in [6.45, 7) is 1.80. The van der Waals surface area contributed by atoms with Crippen LogP contribution < -0.4 is 10.6 Å². The smallest absolute Gasteiger partial charge is 0.238 e. The molecule has 2 amide bonds. The summed E-state index contributed by atoms with van der Waals surface area (Å²) in [6.07, 6.45) is 0.0516. The van der Waals surface area contributed by atoms with Crippen LogP contribution >= 0.6 is 35.0 Å². The number of carbonyl (C=O) groups is 2. The molecular weight excluding hydrogens is 419 g/mol. The Labute approximate surface area is 176 Å². The van der Waals surface area contributed by atoms with E-state index >= 15 is 0 Å². The molecular formula is C19H16Cl2N4O2S. The summed E-state index contributed by atoms with van der Waals surface area (Å²) >= 11 is 13.0. The van der Waals surface area contributed by atoms with Crippen LogP contribution in [0.5, 0.6) is 0 Å². The molecule has 1 aliphatic rings. The quantitative estimate of drug-likeness (QED) is 0.554. The number of nitrogens with zero attached hydrogens (tertiary/aromatic N) is 2. The maximum Gasteiger partial charge on any atom is 0.238 e. The summed E-state index contributed by atoms with van der Waals surface area (Å²) < 4.78 is 0. The molecule has 0 aliphatic carbocycles. The van der Waals surface area contributed by atoms with Gasteiger partial charge in [0.05, 0.1) is 5.71 Å². The second kappa shape index (κ2) is 9.23. The third-order valence-corrected chi connectivity index (χ3v) is 5.37. The molecule has 0 bridgehead atoms. The highest BCUT2D eigenvalue weighted by Gasteiger charge is 2.30. The first-order chi connectivity index (χ1) is 13.4. The number of nitrogens with one attached hydrogen (secondary N) is 2. The van der Waals surface area contributed by atoms with Gasteiger partial charge in [-0.1, -0.05) is 53.2 Å². The molecule has 0 radical (unpaired) electrons. The number of thioether (sulfide) groups is 1. The molecule has 2 N–H and O–H groups in total. The number of carbonyl (C=O) groups excluding carboxylic acids is 2. The minimum absolute atomic E-state index is 0.0516. The maximum atomic E-state index is 12.5. The molecule has 0 saturated carbocycles. The van der Waals surface area contributed by atoms with Crippen LogP contribution in [0.25, 0.3) is 0 Å². The Bertz CT molecular complexity index is 961. The van der Waals surface area contributed by atoms with Crippen LogP contribution in [0.1, 0.15) is 18.9 Å². The highest BCUT2D eigenvalue weighted by molar-refractivity contribution is 8.15. The van der Waals surface area contributed by atoms with Gasteiger partial charge in [0.15, 0.2) is 5.17 Å². The van der Waals surface area contributed by atoms with Gasteiger partial charge in [0.2, 0.25) is 11.8 Å². The van der Waals surface area contributed by atoms with Gasteiger partial charge >= 0.3 is 0 Å². The Morgan fingerprint density at radius 1 is 1.18 bits per heavy atom. The standard InChI is InChI=1S/C19H16Cl2N4O2S/c1-11(12-5-7-13(20)8-6-12)24-25-19-23-17(26)10-16(28-19)18(27)22-15-4-2-3-14(21)9-15/h2-9,16H,10H2,1H3,(H,22,27)(H,23,25,26)/b24-11-/t16-/m0/s1. The summed E-state index contributed by atoms with van der Waals surface area (Å²) in [5.41, 5.74) is 2.08. The number of hydrogen-bond acceptors (Lipinski definition) is 5. The van der Waals surface area contributed by atoms with E-state index in [2.05, 4.69) is 20.8 Å². The lowest BCUT2D eigenvalue weighted by atomic mass is 10.1. The topological polar surface area (TPSA) is 82.9 Å². The van der Waals surface area contributed by atoms with Crippen LogP contribution in [0.4, 0.5) is 5.69 Å². The van der Waals surface area contributed by atoms with Crippen molar-refractivity contribution in [3.63, 3.8) is 0 Å². The third-order valence-electron chi connectivity index (χ3n) is 3.81. The lowest BCUT2D eigenvalue weighted by molar-refractivity contribution is -0.123. The minimum atomic E-state index is -0.613. The summed E-state index contributed by atoms with van der Waals surface area (Å²) in [5.74, 6) is -0.587. The van der Waals surface area contributed by atoms with Crippen molar-refractivity contribution in [2.24, 2.45) is 10.2 Å².